The molecule has 0 aliphatic carbocycles. The number of aromatic nitrogens is 2. The molecule has 0 amide bonds. The summed E-state index contributed by atoms with van der Waals surface area (Å²) in [7, 11) is 0. The van der Waals surface area contributed by atoms with E-state index in [0.717, 1.165) is 17.7 Å². The fraction of sp³-hybridized carbons (Fsp3) is 0.286. The van der Waals surface area contributed by atoms with Crippen LogP contribution in [0.25, 0.3) is 0 Å². The van der Waals surface area contributed by atoms with Crippen LogP contribution in [0.1, 0.15) is 28.4 Å². The number of hydrogen-bond acceptors (Lipinski definition) is 3. The monoisotopic (exact) mass is 295 g/mol. The summed E-state index contributed by atoms with van der Waals surface area (Å²) in [6, 6.07) is 7.02. The Balaban J connectivity index is 0.00000200. The van der Waals surface area contributed by atoms with E-state index in [1.165, 1.54) is 0 Å². The number of hydrogen-bond donors (Lipinski definition) is 2. The molecule has 0 aliphatic rings. The SMILES string of the molecule is CCn1cc(CNCc2ccccc2C(=O)O)cn1.Cl. The summed E-state index contributed by atoms with van der Waals surface area (Å²) in [4.78, 5) is 11.1. The highest BCUT2D eigenvalue weighted by Crippen LogP contribution is 2.08. The van der Waals surface area contributed by atoms with Gasteiger partial charge in [-0.2, -0.15) is 5.10 Å². The molecule has 0 aliphatic heterocycles. The number of nitrogens with zero attached hydrogens (tertiary/aromatic N) is 2. The molecule has 0 saturated heterocycles. The van der Waals surface area contributed by atoms with Gasteiger partial charge in [-0.05, 0) is 18.6 Å². The minimum Gasteiger partial charge on any atom is -0.478 e. The Labute approximate surface area is 124 Å². The highest BCUT2D eigenvalue weighted by Gasteiger charge is 2.08. The summed E-state index contributed by atoms with van der Waals surface area (Å²) >= 11 is 0. The smallest absolute Gasteiger partial charge is 0.336 e. The fourth-order valence-corrected chi connectivity index (χ4v) is 1.90. The lowest BCUT2D eigenvalue weighted by Gasteiger charge is -2.06. The first-order valence-corrected chi connectivity index (χ1v) is 6.24. The summed E-state index contributed by atoms with van der Waals surface area (Å²) in [5.74, 6) is -0.892. The largest absolute Gasteiger partial charge is 0.478 e. The van der Waals surface area contributed by atoms with Crippen molar-refractivity contribution < 1.29 is 9.90 Å². The van der Waals surface area contributed by atoms with E-state index >= 15 is 0 Å². The average Bonchev–Trinajstić information content (AvgIpc) is 2.87. The predicted octanol–water partition coefficient (Wildman–Crippen LogP) is 2.31. The van der Waals surface area contributed by atoms with Crippen molar-refractivity contribution >= 4 is 18.4 Å². The Kier molecular flexibility index (Phi) is 6.21. The maximum atomic E-state index is 11.1. The van der Waals surface area contributed by atoms with Gasteiger partial charge in [-0.25, -0.2) is 4.79 Å². The molecule has 0 radical (unpaired) electrons. The predicted molar refractivity (Wildman–Crippen MR) is 79.1 cm³/mol. The number of rotatable bonds is 6. The van der Waals surface area contributed by atoms with Gasteiger partial charge in [0.05, 0.1) is 11.8 Å². The number of carbonyl (C=O) groups is 1. The first-order chi connectivity index (χ1) is 9.20. The number of benzene rings is 1. The molecule has 0 fully saturated rings. The third kappa shape index (κ3) is 4.08. The normalized spacial score (nSPS) is 10.1. The van der Waals surface area contributed by atoms with Gasteiger partial charge in [0.2, 0.25) is 0 Å². The van der Waals surface area contributed by atoms with Crippen LogP contribution in [0.4, 0.5) is 0 Å². The summed E-state index contributed by atoms with van der Waals surface area (Å²) in [6.07, 6.45) is 3.80. The van der Waals surface area contributed by atoms with Crippen LogP contribution >= 0.6 is 12.4 Å². The summed E-state index contributed by atoms with van der Waals surface area (Å²) in [5, 5.41) is 16.5. The van der Waals surface area contributed by atoms with Gasteiger partial charge in [-0.1, -0.05) is 18.2 Å². The minimum absolute atomic E-state index is 0. The zero-order valence-corrected chi connectivity index (χ0v) is 12.1. The first-order valence-electron chi connectivity index (χ1n) is 6.24. The number of halogens is 1. The van der Waals surface area contributed by atoms with Gasteiger partial charge in [0.1, 0.15) is 0 Å². The maximum absolute atomic E-state index is 11.1. The van der Waals surface area contributed by atoms with E-state index in [9.17, 15) is 4.79 Å². The lowest BCUT2D eigenvalue weighted by molar-refractivity contribution is 0.0695. The maximum Gasteiger partial charge on any atom is 0.336 e. The molecule has 0 bridgehead atoms. The first kappa shape index (κ1) is 16.2. The van der Waals surface area contributed by atoms with Crippen LogP contribution in [0, 0.1) is 0 Å². The van der Waals surface area contributed by atoms with Crippen LogP contribution in [0.3, 0.4) is 0 Å². The number of aromatic carboxylic acids is 1. The molecule has 6 heteroatoms. The quantitative estimate of drug-likeness (QED) is 0.858. The Morgan fingerprint density at radius 3 is 2.75 bits per heavy atom. The van der Waals surface area contributed by atoms with Gasteiger partial charge in [0.15, 0.2) is 0 Å². The van der Waals surface area contributed by atoms with E-state index in [4.69, 9.17) is 5.11 Å². The van der Waals surface area contributed by atoms with Crippen molar-refractivity contribution in [3.63, 3.8) is 0 Å². The van der Waals surface area contributed by atoms with Crippen LogP contribution in [-0.4, -0.2) is 20.9 Å². The van der Waals surface area contributed by atoms with E-state index in [2.05, 4.69) is 10.4 Å². The lowest BCUT2D eigenvalue weighted by atomic mass is 10.1. The second-order valence-electron chi connectivity index (χ2n) is 4.27. The standard InChI is InChI=1S/C14H17N3O2.ClH/c1-2-17-10-11(8-16-17)7-15-9-12-5-3-4-6-13(12)14(18)19;/h3-6,8,10,15H,2,7,9H2,1H3,(H,18,19);1H. The van der Waals surface area contributed by atoms with Crippen LogP contribution in [0.15, 0.2) is 36.7 Å². The van der Waals surface area contributed by atoms with Crippen molar-refractivity contribution in [1.82, 2.24) is 15.1 Å². The molecule has 108 valence electrons. The minimum atomic E-state index is -0.892. The van der Waals surface area contributed by atoms with Crippen molar-refractivity contribution in [3.05, 3.63) is 53.3 Å². The molecule has 1 aromatic heterocycles. The molecular formula is C14H18ClN3O2. The van der Waals surface area contributed by atoms with Crippen LogP contribution < -0.4 is 5.32 Å². The van der Waals surface area contributed by atoms with Gasteiger partial charge >= 0.3 is 5.97 Å². The molecule has 20 heavy (non-hydrogen) atoms. The third-order valence-corrected chi connectivity index (χ3v) is 2.90. The molecule has 0 unspecified atom stereocenters. The third-order valence-electron chi connectivity index (χ3n) is 2.90. The van der Waals surface area contributed by atoms with Crippen molar-refractivity contribution in [2.75, 3.05) is 0 Å². The van der Waals surface area contributed by atoms with Gasteiger partial charge < -0.3 is 10.4 Å². The van der Waals surface area contributed by atoms with E-state index < -0.39 is 5.97 Å². The number of carboxylic acids is 1. The molecule has 2 rings (SSSR count). The molecule has 1 aromatic carbocycles. The Hall–Kier alpha value is -1.85. The molecular weight excluding hydrogens is 278 g/mol. The Morgan fingerprint density at radius 2 is 2.10 bits per heavy atom. The Bertz CT molecular complexity index is 569. The molecule has 0 spiro atoms. The van der Waals surface area contributed by atoms with E-state index in [1.54, 1.807) is 12.1 Å². The molecule has 0 saturated carbocycles. The lowest BCUT2D eigenvalue weighted by Crippen LogP contribution is -2.15. The van der Waals surface area contributed by atoms with Gasteiger partial charge in [0, 0.05) is 31.4 Å². The van der Waals surface area contributed by atoms with Crippen LogP contribution in [0.5, 0.6) is 0 Å². The van der Waals surface area contributed by atoms with Crippen molar-refractivity contribution in [3.8, 4) is 0 Å². The molecule has 0 atom stereocenters. The van der Waals surface area contributed by atoms with Crippen molar-refractivity contribution in [2.24, 2.45) is 0 Å². The van der Waals surface area contributed by atoms with Crippen molar-refractivity contribution in [1.29, 1.82) is 0 Å². The van der Waals surface area contributed by atoms with Crippen LogP contribution in [0.2, 0.25) is 0 Å². The van der Waals surface area contributed by atoms with E-state index in [1.807, 2.05) is 36.1 Å². The van der Waals surface area contributed by atoms with E-state index in [0.29, 0.717) is 18.7 Å². The fourth-order valence-electron chi connectivity index (χ4n) is 1.90. The zero-order chi connectivity index (χ0) is 13.7. The average molecular weight is 296 g/mol. The number of carboxylic acid groups (broad SMARTS) is 1. The zero-order valence-electron chi connectivity index (χ0n) is 11.2. The molecule has 5 nitrogen and oxygen atoms in total. The summed E-state index contributed by atoms with van der Waals surface area (Å²) < 4.78 is 1.86. The molecule has 2 aromatic rings. The van der Waals surface area contributed by atoms with Gasteiger partial charge in [-0.3, -0.25) is 4.68 Å². The number of aryl methyl sites for hydroxylation is 1. The van der Waals surface area contributed by atoms with E-state index in [-0.39, 0.29) is 12.4 Å². The van der Waals surface area contributed by atoms with Crippen molar-refractivity contribution in [2.45, 2.75) is 26.6 Å². The molecule has 1 heterocycles. The summed E-state index contributed by atoms with van der Waals surface area (Å²) in [5.41, 5.74) is 2.23. The topological polar surface area (TPSA) is 67.2 Å². The number of nitrogens with one attached hydrogen (secondary N) is 1. The van der Waals surface area contributed by atoms with Crippen LogP contribution in [-0.2, 0) is 19.6 Å². The Morgan fingerprint density at radius 1 is 1.35 bits per heavy atom. The van der Waals surface area contributed by atoms with Gasteiger partial charge in [-0.15, -0.1) is 12.4 Å². The summed E-state index contributed by atoms with van der Waals surface area (Å²) in [6.45, 7) is 4.09. The highest BCUT2D eigenvalue weighted by atomic mass is 35.5. The molecule has 2 N–H and O–H groups in total. The highest BCUT2D eigenvalue weighted by molar-refractivity contribution is 5.89. The van der Waals surface area contributed by atoms with Gasteiger partial charge in [0.25, 0.3) is 0 Å². The second kappa shape index (κ2) is 7.67. The second-order valence-corrected chi connectivity index (χ2v) is 4.27.